The fourth-order valence-electron chi connectivity index (χ4n) is 7.47. The molecule has 2 aromatic heterocycles. The molecule has 3 aromatic carbocycles. The van der Waals surface area contributed by atoms with Crippen LogP contribution in [0.25, 0.3) is 44.3 Å². The number of aryl methyl sites for hydroxylation is 2. The first-order valence-electron chi connectivity index (χ1n) is 14.8. The van der Waals surface area contributed by atoms with Gasteiger partial charge in [-0.15, -0.1) is 0 Å². The van der Waals surface area contributed by atoms with Crippen molar-refractivity contribution in [3.63, 3.8) is 0 Å². The first-order valence-corrected chi connectivity index (χ1v) is 14.8. The molecule has 0 aliphatic heterocycles. The predicted molar refractivity (Wildman–Crippen MR) is 169 cm³/mol. The summed E-state index contributed by atoms with van der Waals surface area (Å²) in [6.45, 7) is 23.1. The van der Waals surface area contributed by atoms with Crippen LogP contribution in [-0.2, 0) is 23.3 Å². The Hall–Kier alpha value is -3.46. The van der Waals surface area contributed by atoms with E-state index in [1.807, 2.05) is 31.4 Å². The maximum Gasteiger partial charge on any atom is 0.216 e. The zero-order valence-corrected chi connectivity index (χ0v) is 26.5. The lowest BCUT2D eigenvalue weighted by Gasteiger charge is -2.45. The van der Waals surface area contributed by atoms with Crippen LogP contribution in [0.1, 0.15) is 84.6 Å². The van der Waals surface area contributed by atoms with Gasteiger partial charge in [0.1, 0.15) is 24.0 Å². The molecular formula is C38H43FNO+. The zero-order valence-electron chi connectivity index (χ0n) is 26.5. The first kappa shape index (κ1) is 27.7. The smallest absolute Gasteiger partial charge is 0.216 e. The highest BCUT2D eigenvalue weighted by molar-refractivity contribution is 6.13. The van der Waals surface area contributed by atoms with Crippen molar-refractivity contribution in [2.24, 2.45) is 12.5 Å². The largest absolute Gasteiger partial charge is 0.454 e. The average Bonchev–Trinajstić information content (AvgIpc) is 3.30. The lowest BCUT2D eigenvalue weighted by Crippen LogP contribution is -2.42. The Labute approximate surface area is 244 Å². The summed E-state index contributed by atoms with van der Waals surface area (Å²) >= 11 is 0. The van der Waals surface area contributed by atoms with Crippen LogP contribution < -0.4 is 4.57 Å². The molecule has 212 valence electrons. The summed E-state index contributed by atoms with van der Waals surface area (Å²) in [5, 5.41) is 1.95. The molecule has 0 saturated heterocycles. The van der Waals surface area contributed by atoms with Crippen molar-refractivity contribution in [3.8, 4) is 22.4 Å². The van der Waals surface area contributed by atoms with Crippen LogP contribution in [0.4, 0.5) is 4.39 Å². The van der Waals surface area contributed by atoms with Gasteiger partial charge >= 0.3 is 0 Å². The lowest BCUT2D eigenvalue weighted by molar-refractivity contribution is -0.660. The molecule has 0 saturated carbocycles. The minimum atomic E-state index is -0.246. The highest BCUT2D eigenvalue weighted by Crippen LogP contribution is 2.65. The second-order valence-electron chi connectivity index (χ2n) is 14.8. The van der Waals surface area contributed by atoms with E-state index in [0.29, 0.717) is 11.1 Å². The van der Waals surface area contributed by atoms with Crippen molar-refractivity contribution in [2.45, 2.75) is 85.5 Å². The molecule has 3 heteroatoms. The van der Waals surface area contributed by atoms with E-state index in [4.69, 9.17) is 4.42 Å². The van der Waals surface area contributed by atoms with Crippen LogP contribution >= 0.6 is 0 Å². The fourth-order valence-corrected chi connectivity index (χ4v) is 7.47. The van der Waals surface area contributed by atoms with E-state index in [-0.39, 0.29) is 27.5 Å². The Bertz CT molecular complexity index is 1880. The van der Waals surface area contributed by atoms with E-state index in [1.165, 1.54) is 16.7 Å². The van der Waals surface area contributed by atoms with Gasteiger partial charge in [0, 0.05) is 22.9 Å². The van der Waals surface area contributed by atoms with E-state index in [0.717, 1.165) is 38.7 Å². The fraction of sp³-hybridized carbons (Fsp3) is 0.395. The summed E-state index contributed by atoms with van der Waals surface area (Å²) in [5.74, 6) is -0.246. The molecule has 0 amide bonds. The van der Waals surface area contributed by atoms with Crippen LogP contribution in [0, 0.1) is 18.2 Å². The molecule has 41 heavy (non-hydrogen) atoms. The number of furan rings is 1. The van der Waals surface area contributed by atoms with Gasteiger partial charge in [-0.25, -0.2) is 8.96 Å². The van der Waals surface area contributed by atoms with E-state index in [9.17, 15) is 0 Å². The highest BCUT2D eigenvalue weighted by Gasteiger charge is 2.59. The second kappa shape index (κ2) is 8.53. The summed E-state index contributed by atoms with van der Waals surface area (Å²) in [6, 6.07) is 18.4. The molecule has 1 aliphatic carbocycles. The van der Waals surface area contributed by atoms with Crippen molar-refractivity contribution in [3.05, 3.63) is 88.9 Å². The van der Waals surface area contributed by atoms with Gasteiger partial charge in [0.2, 0.25) is 5.69 Å². The Morgan fingerprint density at radius 3 is 1.98 bits per heavy atom. The number of fused-ring (bicyclic) bond motifs is 4. The average molecular weight is 549 g/mol. The van der Waals surface area contributed by atoms with Gasteiger partial charge in [-0.3, -0.25) is 0 Å². The maximum atomic E-state index is 16.3. The third-order valence-corrected chi connectivity index (χ3v) is 10.9. The van der Waals surface area contributed by atoms with Crippen molar-refractivity contribution in [2.75, 3.05) is 0 Å². The van der Waals surface area contributed by atoms with Crippen LogP contribution in [0.2, 0.25) is 0 Å². The minimum Gasteiger partial charge on any atom is -0.454 e. The Morgan fingerprint density at radius 1 is 0.732 bits per heavy atom. The minimum absolute atomic E-state index is 0.0437. The van der Waals surface area contributed by atoms with Crippen molar-refractivity contribution >= 4 is 21.9 Å². The molecule has 2 heterocycles. The number of nitrogens with zero attached hydrogens (tertiary/aromatic N) is 1. The van der Waals surface area contributed by atoms with Crippen molar-refractivity contribution in [1.82, 2.24) is 0 Å². The molecule has 0 spiro atoms. The topological polar surface area (TPSA) is 17.0 Å². The van der Waals surface area contributed by atoms with Crippen molar-refractivity contribution in [1.29, 1.82) is 0 Å². The zero-order chi connectivity index (χ0) is 29.9. The van der Waals surface area contributed by atoms with E-state index in [2.05, 4.69) is 104 Å². The Kier molecular flexibility index (Phi) is 5.77. The number of aromatic nitrogens is 1. The lowest BCUT2D eigenvalue weighted by atomic mass is 9.58. The number of hydrogen-bond acceptors (Lipinski definition) is 1. The number of pyridine rings is 1. The molecule has 6 rings (SSSR count). The van der Waals surface area contributed by atoms with Gasteiger partial charge in [-0.2, -0.15) is 0 Å². The third-order valence-electron chi connectivity index (χ3n) is 10.9. The normalized spacial score (nSPS) is 17.4. The summed E-state index contributed by atoms with van der Waals surface area (Å²) in [5.41, 5.74) is 9.69. The molecule has 0 bridgehead atoms. The van der Waals surface area contributed by atoms with E-state index >= 15 is 4.39 Å². The predicted octanol–water partition coefficient (Wildman–Crippen LogP) is 10.1. The van der Waals surface area contributed by atoms with Gasteiger partial charge in [0.05, 0.1) is 11.1 Å². The van der Waals surface area contributed by atoms with Crippen molar-refractivity contribution < 1.29 is 13.4 Å². The SMILES string of the molecule is Cc1ccc2c(oc3c(-c4ccc(C(C)(C)C)c5c4C(C)(C)C(C)(C)C5(C)C)c(F)ccc32)c1-c1cccc[n+]1C. The molecule has 5 aromatic rings. The first-order chi connectivity index (χ1) is 19.0. The maximum absolute atomic E-state index is 16.3. The van der Waals surface area contributed by atoms with Gasteiger partial charge in [-0.05, 0) is 74.6 Å². The molecule has 0 radical (unpaired) electrons. The van der Waals surface area contributed by atoms with Crippen LogP contribution in [0.3, 0.4) is 0 Å². The second-order valence-corrected chi connectivity index (χ2v) is 14.8. The number of halogens is 1. The molecule has 2 nitrogen and oxygen atoms in total. The Morgan fingerprint density at radius 2 is 1.34 bits per heavy atom. The number of rotatable bonds is 2. The van der Waals surface area contributed by atoms with E-state index < -0.39 is 0 Å². The summed E-state index contributed by atoms with van der Waals surface area (Å²) in [4.78, 5) is 0. The molecule has 0 unspecified atom stereocenters. The van der Waals surface area contributed by atoms with Crippen LogP contribution in [0.15, 0.2) is 65.2 Å². The highest BCUT2D eigenvalue weighted by atomic mass is 19.1. The number of hydrogen-bond donors (Lipinski definition) is 0. The quantitative estimate of drug-likeness (QED) is 0.201. The van der Waals surface area contributed by atoms with Crippen LogP contribution in [-0.4, -0.2) is 0 Å². The van der Waals surface area contributed by atoms with Gasteiger partial charge in [0.25, 0.3) is 0 Å². The molecular weight excluding hydrogens is 505 g/mol. The Balaban J connectivity index is 1.76. The number of benzene rings is 3. The standard InChI is InChI=1S/C38H43FNO/c1-22-15-16-23-24-18-20-27(39)30(34(24)41-33(23)29(22)28-14-12-13-21-40(28)11)25-17-19-26(35(2,3)4)32-31(25)36(5,6)38(9,10)37(32,7)8/h12-21H,1-11H3/q+1. The third kappa shape index (κ3) is 3.57. The monoisotopic (exact) mass is 548 g/mol. The van der Waals surface area contributed by atoms with Gasteiger partial charge < -0.3 is 4.42 Å². The molecule has 0 fully saturated rings. The summed E-state index contributed by atoms with van der Waals surface area (Å²) < 4.78 is 25.2. The molecule has 0 N–H and O–H groups in total. The molecule has 0 atom stereocenters. The van der Waals surface area contributed by atoms with Gasteiger partial charge in [0.15, 0.2) is 6.20 Å². The van der Waals surface area contributed by atoms with E-state index in [1.54, 1.807) is 6.07 Å². The van der Waals surface area contributed by atoms with Crippen LogP contribution in [0.5, 0.6) is 0 Å². The van der Waals surface area contributed by atoms with Gasteiger partial charge in [-0.1, -0.05) is 86.6 Å². The summed E-state index contributed by atoms with van der Waals surface area (Å²) in [6.07, 6.45) is 2.05. The molecule has 1 aliphatic rings. The summed E-state index contributed by atoms with van der Waals surface area (Å²) in [7, 11) is 2.05.